The fraction of sp³-hybridized carbons (Fsp3) is 0.739. The Hall–Kier alpha value is -1.06. The van der Waals surface area contributed by atoms with Gasteiger partial charge in [-0.05, 0) is 54.7 Å². The highest BCUT2D eigenvalue weighted by Gasteiger charge is 2.39. The molecule has 0 bridgehead atoms. The number of hydrogen-bond donors (Lipinski definition) is 1. The summed E-state index contributed by atoms with van der Waals surface area (Å²) in [5.74, 6) is 0.687. The lowest BCUT2D eigenvalue weighted by Crippen LogP contribution is -2.48. The fourth-order valence-electron chi connectivity index (χ4n) is 5.67. The van der Waals surface area contributed by atoms with E-state index in [4.69, 9.17) is 0 Å². The van der Waals surface area contributed by atoms with Gasteiger partial charge in [-0.2, -0.15) is 0 Å². The summed E-state index contributed by atoms with van der Waals surface area (Å²) >= 11 is 0. The van der Waals surface area contributed by atoms with Crippen molar-refractivity contribution in [1.82, 2.24) is 10.2 Å². The van der Waals surface area contributed by atoms with Crippen LogP contribution in [0, 0.1) is 10.8 Å². The molecule has 0 amide bonds. The Labute approximate surface area is 161 Å². The molecule has 0 radical (unpaired) electrons. The molecule has 1 aromatic rings. The highest BCUT2D eigenvalue weighted by atomic mass is 15.3. The Morgan fingerprint density at radius 3 is 2.19 bits per heavy atom. The second kappa shape index (κ2) is 7.90. The molecule has 1 heterocycles. The molecule has 3 nitrogen and oxygen atoms in total. The van der Waals surface area contributed by atoms with E-state index >= 15 is 0 Å². The largest absolute Gasteiger partial charge is 0.369 e. The van der Waals surface area contributed by atoms with Gasteiger partial charge in [0.15, 0.2) is 0 Å². The van der Waals surface area contributed by atoms with E-state index in [0.29, 0.717) is 16.7 Å². The molecule has 0 spiro atoms. The van der Waals surface area contributed by atoms with E-state index in [1.165, 1.54) is 38.0 Å². The van der Waals surface area contributed by atoms with Crippen molar-refractivity contribution in [3.05, 3.63) is 29.8 Å². The Morgan fingerprint density at radius 2 is 1.58 bits per heavy atom. The first kappa shape index (κ1) is 19.7. The van der Waals surface area contributed by atoms with Crippen molar-refractivity contribution in [3.63, 3.8) is 0 Å². The lowest BCUT2D eigenvalue weighted by molar-refractivity contribution is 0.0970. The van der Waals surface area contributed by atoms with Crippen LogP contribution in [-0.4, -0.2) is 51.2 Å². The number of nitrogens with zero attached hydrogens (tertiary/aromatic N) is 2. The Kier molecular flexibility index (Phi) is 5.98. The van der Waals surface area contributed by atoms with Gasteiger partial charge in [0.1, 0.15) is 0 Å². The van der Waals surface area contributed by atoms with Gasteiger partial charge >= 0.3 is 0 Å². The van der Waals surface area contributed by atoms with Crippen LogP contribution >= 0.6 is 0 Å². The summed E-state index contributed by atoms with van der Waals surface area (Å²) in [6.45, 7) is 16.8. The molecular weight excluding hydrogens is 318 g/mol. The third-order valence-electron chi connectivity index (χ3n) is 6.32. The van der Waals surface area contributed by atoms with Crippen LogP contribution in [-0.2, 0) is 0 Å². The molecule has 2 fully saturated rings. The number of likely N-dealkylation sites (N-methyl/N-ethyl adjacent to an activating group) is 1. The molecule has 1 aliphatic heterocycles. The monoisotopic (exact) mass is 357 g/mol. The van der Waals surface area contributed by atoms with Gasteiger partial charge in [0, 0.05) is 45.0 Å². The van der Waals surface area contributed by atoms with Crippen molar-refractivity contribution in [1.29, 1.82) is 0 Å². The third kappa shape index (κ3) is 4.80. The van der Waals surface area contributed by atoms with Gasteiger partial charge < -0.3 is 10.2 Å². The van der Waals surface area contributed by atoms with Crippen molar-refractivity contribution < 1.29 is 0 Å². The zero-order chi connectivity index (χ0) is 18.8. The summed E-state index contributed by atoms with van der Waals surface area (Å²) in [4.78, 5) is 5.22. The van der Waals surface area contributed by atoms with E-state index < -0.39 is 0 Å². The minimum atomic E-state index is 0.436. The van der Waals surface area contributed by atoms with Gasteiger partial charge in [0.25, 0.3) is 0 Å². The van der Waals surface area contributed by atoms with E-state index in [1.54, 1.807) is 5.56 Å². The molecular formula is C23H39N3. The van der Waals surface area contributed by atoms with Gasteiger partial charge in [-0.1, -0.05) is 45.9 Å². The summed E-state index contributed by atoms with van der Waals surface area (Å²) in [6.07, 6.45) is 3.97. The molecule has 1 aliphatic carbocycles. The molecule has 2 aliphatic rings. The van der Waals surface area contributed by atoms with E-state index in [0.717, 1.165) is 26.2 Å². The standard InChI is InChI=1S/C23H39N3/c1-22(2)16-19(17-23(3,4)18-22)20-8-6-7-9-21(20)26-14-12-25(13-15-26)11-10-24-5/h6-9,19,24H,10-18H2,1-5H3. The smallest absolute Gasteiger partial charge is 0.0402 e. The number of nitrogens with one attached hydrogen (secondary N) is 1. The SMILES string of the molecule is CNCCN1CCN(c2ccccc2C2CC(C)(C)CC(C)(C)C2)CC1. The van der Waals surface area contributed by atoms with E-state index in [9.17, 15) is 0 Å². The van der Waals surface area contributed by atoms with Crippen LogP contribution in [0.4, 0.5) is 5.69 Å². The first-order valence-electron chi connectivity index (χ1n) is 10.5. The lowest BCUT2D eigenvalue weighted by Gasteiger charge is -2.46. The predicted molar refractivity (Wildman–Crippen MR) is 113 cm³/mol. The summed E-state index contributed by atoms with van der Waals surface area (Å²) in [5, 5.41) is 3.27. The second-order valence-corrected chi connectivity index (χ2v) is 10.1. The second-order valence-electron chi connectivity index (χ2n) is 10.1. The summed E-state index contributed by atoms with van der Waals surface area (Å²) in [7, 11) is 2.04. The summed E-state index contributed by atoms with van der Waals surface area (Å²) in [6, 6.07) is 9.25. The van der Waals surface area contributed by atoms with Crippen molar-refractivity contribution in [2.75, 3.05) is 51.2 Å². The highest BCUT2D eigenvalue weighted by Crippen LogP contribution is 2.53. The first-order chi connectivity index (χ1) is 12.3. The van der Waals surface area contributed by atoms with Crippen LogP contribution < -0.4 is 10.2 Å². The maximum Gasteiger partial charge on any atom is 0.0402 e. The van der Waals surface area contributed by atoms with Crippen LogP contribution in [0.15, 0.2) is 24.3 Å². The van der Waals surface area contributed by atoms with Crippen molar-refractivity contribution in [2.24, 2.45) is 10.8 Å². The van der Waals surface area contributed by atoms with Crippen molar-refractivity contribution in [2.45, 2.75) is 52.9 Å². The van der Waals surface area contributed by atoms with Crippen LogP contribution in [0.2, 0.25) is 0 Å². The lowest BCUT2D eigenvalue weighted by atomic mass is 9.60. The quantitative estimate of drug-likeness (QED) is 0.845. The van der Waals surface area contributed by atoms with E-state index in [-0.39, 0.29) is 0 Å². The molecule has 1 saturated carbocycles. The zero-order valence-corrected chi connectivity index (χ0v) is 17.6. The molecule has 1 aromatic carbocycles. The first-order valence-corrected chi connectivity index (χ1v) is 10.5. The number of para-hydroxylation sites is 1. The molecule has 0 atom stereocenters. The van der Waals surface area contributed by atoms with Crippen LogP contribution in [0.25, 0.3) is 0 Å². The van der Waals surface area contributed by atoms with Gasteiger partial charge in [-0.15, -0.1) is 0 Å². The maximum atomic E-state index is 3.27. The molecule has 3 rings (SSSR count). The average Bonchev–Trinajstić information content (AvgIpc) is 2.58. The highest BCUT2D eigenvalue weighted by molar-refractivity contribution is 5.56. The minimum Gasteiger partial charge on any atom is -0.369 e. The van der Waals surface area contributed by atoms with Gasteiger partial charge in [-0.3, -0.25) is 4.90 Å². The third-order valence-corrected chi connectivity index (χ3v) is 6.32. The predicted octanol–water partition coefficient (Wildman–Crippen LogP) is 4.35. The average molecular weight is 358 g/mol. The van der Waals surface area contributed by atoms with Gasteiger partial charge in [-0.25, -0.2) is 0 Å². The molecule has 1 N–H and O–H groups in total. The Balaban J connectivity index is 1.75. The molecule has 3 heteroatoms. The van der Waals surface area contributed by atoms with E-state index in [1.807, 2.05) is 7.05 Å². The maximum absolute atomic E-state index is 3.27. The fourth-order valence-corrected chi connectivity index (χ4v) is 5.67. The number of benzene rings is 1. The number of rotatable bonds is 5. The number of piperazine rings is 1. The Bertz CT molecular complexity index is 569. The van der Waals surface area contributed by atoms with Crippen LogP contribution in [0.3, 0.4) is 0 Å². The van der Waals surface area contributed by atoms with Gasteiger partial charge in [0.05, 0.1) is 0 Å². The van der Waals surface area contributed by atoms with Crippen LogP contribution in [0.1, 0.15) is 58.4 Å². The van der Waals surface area contributed by atoms with Crippen LogP contribution in [0.5, 0.6) is 0 Å². The van der Waals surface area contributed by atoms with Crippen molar-refractivity contribution >= 4 is 5.69 Å². The molecule has 0 unspecified atom stereocenters. The minimum absolute atomic E-state index is 0.436. The number of hydrogen-bond acceptors (Lipinski definition) is 3. The molecule has 26 heavy (non-hydrogen) atoms. The van der Waals surface area contributed by atoms with Gasteiger partial charge in [0.2, 0.25) is 0 Å². The zero-order valence-electron chi connectivity index (χ0n) is 17.6. The topological polar surface area (TPSA) is 18.5 Å². The number of anilines is 1. The molecule has 1 saturated heterocycles. The summed E-state index contributed by atoms with van der Waals surface area (Å²) < 4.78 is 0. The molecule has 0 aromatic heterocycles. The van der Waals surface area contributed by atoms with E-state index in [2.05, 4.69) is 67.1 Å². The molecule has 146 valence electrons. The van der Waals surface area contributed by atoms with Crippen molar-refractivity contribution in [3.8, 4) is 0 Å². The normalized spacial score (nSPS) is 24.0. The summed E-state index contributed by atoms with van der Waals surface area (Å²) in [5.41, 5.74) is 3.97. The Morgan fingerprint density at radius 1 is 0.962 bits per heavy atom.